The van der Waals surface area contributed by atoms with E-state index in [1.165, 1.54) is 0 Å². The van der Waals surface area contributed by atoms with E-state index in [9.17, 15) is 14.9 Å². The van der Waals surface area contributed by atoms with Crippen LogP contribution in [0.3, 0.4) is 0 Å². The molecule has 162 valence electrons. The molecule has 0 saturated carbocycles. The van der Waals surface area contributed by atoms with Crippen molar-refractivity contribution in [2.75, 3.05) is 29.9 Å². The lowest BCUT2D eigenvalue weighted by Gasteiger charge is -2.26. The molecule has 1 atom stereocenters. The van der Waals surface area contributed by atoms with Crippen molar-refractivity contribution in [3.63, 3.8) is 0 Å². The van der Waals surface area contributed by atoms with E-state index < -0.39 is 6.10 Å². The van der Waals surface area contributed by atoms with E-state index in [1.807, 2.05) is 42.6 Å². The van der Waals surface area contributed by atoms with Gasteiger partial charge in [0.25, 0.3) is 5.91 Å². The number of hydrogen-bond acceptors (Lipinski definition) is 5. The van der Waals surface area contributed by atoms with E-state index in [2.05, 4.69) is 11.4 Å². The van der Waals surface area contributed by atoms with Gasteiger partial charge in [0.1, 0.15) is 11.8 Å². The summed E-state index contributed by atoms with van der Waals surface area (Å²) in [5.41, 5.74) is 1.95. The Hall–Kier alpha value is -2.98. The van der Waals surface area contributed by atoms with Gasteiger partial charge in [-0.05, 0) is 35.7 Å². The third kappa shape index (κ3) is 6.25. The number of carbonyl (C=O) groups excluding carboxylic acids is 2. The topological polar surface area (TPSA) is 82.4 Å². The van der Waals surface area contributed by atoms with E-state index >= 15 is 0 Å². The van der Waals surface area contributed by atoms with E-state index in [4.69, 9.17) is 4.74 Å². The highest BCUT2D eigenvalue weighted by Crippen LogP contribution is 2.22. The predicted molar refractivity (Wildman–Crippen MR) is 123 cm³/mol. The Kier molecular flexibility index (Phi) is 7.96. The quantitative estimate of drug-likeness (QED) is 0.714. The second kappa shape index (κ2) is 10.9. The minimum atomic E-state index is -0.743. The van der Waals surface area contributed by atoms with Gasteiger partial charge in [0.15, 0.2) is 6.10 Å². The number of hydrogen-bond donors (Lipinski definition) is 1. The lowest BCUT2D eigenvalue weighted by atomic mass is 10.1. The van der Waals surface area contributed by atoms with Crippen LogP contribution >= 0.6 is 11.8 Å². The predicted octanol–water partition coefficient (Wildman–Crippen LogP) is 3.72. The van der Waals surface area contributed by atoms with Crippen molar-refractivity contribution < 1.29 is 14.3 Å². The maximum Gasteiger partial charge on any atom is 0.265 e. The molecule has 0 radical (unpaired) electrons. The summed E-state index contributed by atoms with van der Waals surface area (Å²) in [5, 5.41) is 12.1. The summed E-state index contributed by atoms with van der Waals surface area (Å²) in [6.45, 7) is 5.41. The highest BCUT2D eigenvalue weighted by Gasteiger charge is 2.25. The summed E-state index contributed by atoms with van der Waals surface area (Å²) in [6.07, 6.45) is -0.380. The Morgan fingerprint density at radius 3 is 2.45 bits per heavy atom. The van der Waals surface area contributed by atoms with E-state index in [-0.39, 0.29) is 17.7 Å². The monoisotopic (exact) mass is 437 g/mol. The third-order valence-electron chi connectivity index (χ3n) is 5.07. The standard InChI is InChI=1S/C24H27N3O3S/c1-17(2)23(30-21-6-4-3-5-19(21)16-25)24(29)26-20-9-7-18(8-10-20)15-22(28)27-11-13-31-14-12-27/h3-10,17,23H,11-15H2,1-2H3,(H,26,29). The highest BCUT2D eigenvalue weighted by molar-refractivity contribution is 7.99. The van der Waals surface area contributed by atoms with E-state index in [1.54, 1.807) is 36.4 Å². The molecular weight excluding hydrogens is 410 g/mol. The molecule has 1 aliphatic heterocycles. The molecule has 2 amide bonds. The minimum Gasteiger partial charge on any atom is -0.479 e. The average molecular weight is 438 g/mol. The van der Waals surface area contributed by atoms with Crippen LogP contribution in [0.5, 0.6) is 5.75 Å². The zero-order valence-electron chi connectivity index (χ0n) is 17.8. The summed E-state index contributed by atoms with van der Waals surface area (Å²) in [5.74, 6) is 2.15. The molecular formula is C24H27N3O3S. The van der Waals surface area contributed by atoms with Gasteiger partial charge in [0.05, 0.1) is 12.0 Å². The zero-order chi connectivity index (χ0) is 22.2. The fraction of sp³-hybridized carbons (Fsp3) is 0.375. The molecule has 31 heavy (non-hydrogen) atoms. The van der Waals surface area contributed by atoms with Crippen molar-refractivity contribution in [2.45, 2.75) is 26.4 Å². The van der Waals surface area contributed by atoms with Gasteiger partial charge in [-0.15, -0.1) is 0 Å². The molecule has 1 fully saturated rings. The summed E-state index contributed by atoms with van der Waals surface area (Å²) in [7, 11) is 0. The number of carbonyl (C=O) groups is 2. The van der Waals surface area contributed by atoms with Crippen molar-refractivity contribution in [3.05, 3.63) is 59.7 Å². The molecule has 1 saturated heterocycles. The van der Waals surface area contributed by atoms with Gasteiger partial charge in [0.2, 0.25) is 5.91 Å². The minimum absolute atomic E-state index is 0.0913. The van der Waals surface area contributed by atoms with Crippen molar-refractivity contribution >= 4 is 29.3 Å². The van der Waals surface area contributed by atoms with Gasteiger partial charge in [-0.2, -0.15) is 17.0 Å². The molecule has 2 aromatic rings. The number of nitriles is 1. The first kappa shape index (κ1) is 22.7. The Bertz CT molecular complexity index is 947. The van der Waals surface area contributed by atoms with Crippen LogP contribution < -0.4 is 10.1 Å². The number of para-hydroxylation sites is 1. The number of thioether (sulfide) groups is 1. The lowest BCUT2D eigenvalue weighted by molar-refractivity contribution is -0.130. The van der Waals surface area contributed by atoms with Crippen LogP contribution in [0.15, 0.2) is 48.5 Å². The highest BCUT2D eigenvalue weighted by atomic mass is 32.2. The van der Waals surface area contributed by atoms with Gasteiger partial charge in [-0.3, -0.25) is 9.59 Å². The number of anilines is 1. The van der Waals surface area contributed by atoms with Gasteiger partial charge < -0.3 is 15.0 Å². The molecule has 0 aromatic heterocycles. The van der Waals surface area contributed by atoms with Gasteiger partial charge in [-0.25, -0.2) is 0 Å². The van der Waals surface area contributed by atoms with Crippen LogP contribution in [0.25, 0.3) is 0 Å². The lowest BCUT2D eigenvalue weighted by Crippen LogP contribution is -2.38. The third-order valence-corrected chi connectivity index (χ3v) is 6.01. The zero-order valence-corrected chi connectivity index (χ0v) is 18.7. The van der Waals surface area contributed by atoms with Crippen LogP contribution in [0, 0.1) is 17.2 Å². The van der Waals surface area contributed by atoms with Crippen molar-refractivity contribution in [1.82, 2.24) is 4.90 Å². The van der Waals surface area contributed by atoms with Gasteiger partial charge >= 0.3 is 0 Å². The molecule has 1 unspecified atom stereocenters. The number of amides is 2. The maximum absolute atomic E-state index is 12.8. The first-order valence-corrected chi connectivity index (χ1v) is 11.5. The fourth-order valence-corrected chi connectivity index (χ4v) is 4.21. The number of benzene rings is 2. The summed E-state index contributed by atoms with van der Waals surface area (Å²) in [4.78, 5) is 27.2. The Labute approximate surface area is 187 Å². The fourth-order valence-electron chi connectivity index (χ4n) is 3.31. The smallest absolute Gasteiger partial charge is 0.265 e. The largest absolute Gasteiger partial charge is 0.479 e. The number of nitrogens with zero attached hydrogens (tertiary/aromatic N) is 2. The van der Waals surface area contributed by atoms with Gasteiger partial charge in [0, 0.05) is 30.3 Å². The molecule has 0 aliphatic carbocycles. The summed E-state index contributed by atoms with van der Waals surface area (Å²) in [6, 6.07) is 16.3. The van der Waals surface area contributed by atoms with E-state index in [0.717, 1.165) is 30.2 Å². The molecule has 1 heterocycles. The molecule has 3 rings (SSSR count). The van der Waals surface area contributed by atoms with Crippen molar-refractivity contribution in [2.24, 2.45) is 5.92 Å². The molecule has 2 aromatic carbocycles. The Balaban J connectivity index is 1.61. The summed E-state index contributed by atoms with van der Waals surface area (Å²) < 4.78 is 5.89. The van der Waals surface area contributed by atoms with Crippen molar-refractivity contribution in [3.8, 4) is 11.8 Å². The average Bonchev–Trinajstić information content (AvgIpc) is 2.79. The van der Waals surface area contributed by atoms with Crippen molar-refractivity contribution in [1.29, 1.82) is 5.26 Å². The number of rotatable bonds is 7. The maximum atomic E-state index is 12.8. The Morgan fingerprint density at radius 1 is 1.13 bits per heavy atom. The molecule has 0 bridgehead atoms. The van der Waals surface area contributed by atoms with Crippen LogP contribution in [0.2, 0.25) is 0 Å². The summed E-state index contributed by atoms with van der Waals surface area (Å²) >= 11 is 1.88. The number of ether oxygens (including phenoxy) is 1. The first-order chi connectivity index (χ1) is 15.0. The van der Waals surface area contributed by atoms with Crippen LogP contribution in [0.4, 0.5) is 5.69 Å². The first-order valence-electron chi connectivity index (χ1n) is 10.4. The molecule has 1 aliphatic rings. The molecule has 1 N–H and O–H groups in total. The SMILES string of the molecule is CC(C)C(Oc1ccccc1C#N)C(=O)Nc1ccc(CC(=O)N2CCSCC2)cc1. The second-order valence-electron chi connectivity index (χ2n) is 7.75. The number of nitrogens with one attached hydrogen (secondary N) is 1. The molecule has 6 nitrogen and oxygen atoms in total. The van der Waals surface area contributed by atoms with Crippen LogP contribution in [0.1, 0.15) is 25.0 Å². The second-order valence-corrected chi connectivity index (χ2v) is 8.97. The molecule has 0 spiro atoms. The van der Waals surface area contributed by atoms with Crippen LogP contribution in [-0.2, 0) is 16.0 Å². The van der Waals surface area contributed by atoms with Crippen LogP contribution in [-0.4, -0.2) is 47.4 Å². The Morgan fingerprint density at radius 2 is 1.81 bits per heavy atom. The van der Waals surface area contributed by atoms with Gasteiger partial charge in [-0.1, -0.05) is 38.1 Å². The normalized spacial score (nSPS) is 14.6. The molecule has 7 heteroatoms. The van der Waals surface area contributed by atoms with E-state index in [0.29, 0.717) is 23.4 Å².